The molecule has 4 atom stereocenters. The van der Waals surface area contributed by atoms with Gasteiger partial charge in [-0.05, 0) is 18.2 Å². The Kier molecular flexibility index (Phi) is 4.70. The predicted molar refractivity (Wildman–Crippen MR) is 115 cm³/mol. The average Bonchev–Trinajstić information content (AvgIpc) is 3.31. The van der Waals surface area contributed by atoms with E-state index in [1.54, 1.807) is 65.8 Å². The fraction of sp³-hybridized carbons (Fsp3) is 0.208. The third-order valence-electron chi connectivity index (χ3n) is 6.17. The summed E-state index contributed by atoms with van der Waals surface area (Å²) in [6.07, 6.45) is 5.03. The van der Waals surface area contributed by atoms with Crippen molar-refractivity contribution in [3.63, 3.8) is 0 Å². The molecule has 8 heteroatoms. The van der Waals surface area contributed by atoms with E-state index < -0.39 is 41.7 Å². The molecule has 160 valence electrons. The largest absolute Gasteiger partial charge is 0.465 e. The molecule has 2 fully saturated rings. The first-order valence-corrected chi connectivity index (χ1v) is 10.2. The van der Waals surface area contributed by atoms with E-state index in [0.717, 1.165) is 4.90 Å². The number of imide groups is 1. The second kappa shape index (κ2) is 7.56. The van der Waals surface area contributed by atoms with E-state index >= 15 is 0 Å². The summed E-state index contributed by atoms with van der Waals surface area (Å²) in [6, 6.07) is 13.5. The first-order valence-electron chi connectivity index (χ1n) is 10.2. The normalized spacial score (nSPS) is 25.7. The third-order valence-corrected chi connectivity index (χ3v) is 6.17. The van der Waals surface area contributed by atoms with Crippen LogP contribution in [0.15, 0.2) is 71.9 Å². The molecule has 0 N–H and O–H groups in total. The molecule has 3 heterocycles. The van der Waals surface area contributed by atoms with Crippen LogP contribution in [0.2, 0.25) is 0 Å². The van der Waals surface area contributed by atoms with Gasteiger partial charge < -0.3 is 4.74 Å². The molecule has 0 radical (unpaired) electrons. The van der Waals surface area contributed by atoms with Crippen molar-refractivity contribution in [1.29, 1.82) is 0 Å². The van der Waals surface area contributed by atoms with Crippen molar-refractivity contribution in [2.24, 2.45) is 16.9 Å². The van der Waals surface area contributed by atoms with Crippen LogP contribution in [-0.2, 0) is 14.3 Å². The molecule has 2 aromatic rings. The Morgan fingerprint density at radius 1 is 0.938 bits per heavy atom. The molecule has 32 heavy (non-hydrogen) atoms. The molecule has 4 unspecified atom stereocenters. The van der Waals surface area contributed by atoms with Gasteiger partial charge in [0.1, 0.15) is 6.04 Å². The zero-order valence-corrected chi connectivity index (χ0v) is 17.1. The number of amides is 2. The molecular formula is C24H19N3O5. The molecule has 3 aliphatic heterocycles. The van der Waals surface area contributed by atoms with Crippen molar-refractivity contribution in [3.05, 3.63) is 77.9 Å². The number of allylic oxidation sites excluding steroid dienone is 1. The number of ketones is 1. The Morgan fingerprint density at radius 3 is 2.38 bits per heavy atom. The van der Waals surface area contributed by atoms with E-state index in [9.17, 15) is 19.2 Å². The number of benzene rings is 2. The lowest BCUT2D eigenvalue weighted by Gasteiger charge is -2.30. The molecule has 0 saturated carbocycles. The summed E-state index contributed by atoms with van der Waals surface area (Å²) < 4.78 is 4.82. The second-order valence-corrected chi connectivity index (χ2v) is 7.77. The monoisotopic (exact) mass is 429 g/mol. The Labute approximate surface area is 183 Å². The fourth-order valence-electron chi connectivity index (χ4n) is 4.80. The molecule has 2 saturated heterocycles. The van der Waals surface area contributed by atoms with Gasteiger partial charge in [-0.2, -0.15) is 5.10 Å². The highest BCUT2D eigenvalue weighted by Crippen LogP contribution is 2.46. The topological polar surface area (TPSA) is 96.3 Å². The number of nitrogens with zero attached hydrogens (tertiary/aromatic N) is 3. The number of Topliss-reactive ketones (excluding diaryl/α,β-unsaturated/α-hetero) is 1. The number of ether oxygens (including phenoxy) is 1. The van der Waals surface area contributed by atoms with Crippen LogP contribution in [0.4, 0.5) is 5.69 Å². The Balaban J connectivity index is 1.60. The van der Waals surface area contributed by atoms with Crippen molar-refractivity contribution in [3.8, 4) is 0 Å². The molecule has 2 aromatic carbocycles. The van der Waals surface area contributed by atoms with Crippen LogP contribution >= 0.6 is 0 Å². The molecule has 0 spiro atoms. The van der Waals surface area contributed by atoms with Crippen LogP contribution in [-0.4, -0.2) is 54.0 Å². The van der Waals surface area contributed by atoms with Crippen LogP contribution in [0.5, 0.6) is 0 Å². The molecule has 3 aliphatic rings. The van der Waals surface area contributed by atoms with Gasteiger partial charge in [-0.15, -0.1) is 0 Å². The van der Waals surface area contributed by atoms with Crippen LogP contribution in [0, 0.1) is 11.8 Å². The third kappa shape index (κ3) is 2.80. The Bertz CT molecular complexity index is 1190. The number of hydrogen-bond acceptors (Lipinski definition) is 7. The minimum atomic E-state index is -0.930. The number of hydrazone groups is 1. The molecule has 0 bridgehead atoms. The van der Waals surface area contributed by atoms with Crippen LogP contribution in [0.25, 0.3) is 0 Å². The minimum absolute atomic E-state index is 0.108. The first-order chi connectivity index (χ1) is 15.5. The summed E-state index contributed by atoms with van der Waals surface area (Å²) in [4.78, 5) is 54.0. The average molecular weight is 429 g/mol. The van der Waals surface area contributed by atoms with Gasteiger partial charge in [0, 0.05) is 11.8 Å². The summed E-state index contributed by atoms with van der Waals surface area (Å²) >= 11 is 0. The zero-order valence-electron chi connectivity index (χ0n) is 17.1. The number of carbonyl (C=O) groups is 4. The highest BCUT2D eigenvalue weighted by Gasteiger charge is 2.64. The van der Waals surface area contributed by atoms with Crippen LogP contribution in [0.3, 0.4) is 0 Å². The maximum absolute atomic E-state index is 13.6. The number of carbonyl (C=O) groups excluding carboxylic acids is 4. The van der Waals surface area contributed by atoms with Crippen LogP contribution < -0.4 is 4.90 Å². The second-order valence-electron chi connectivity index (χ2n) is 7.77. The van der Waals surface area contributed by atoms with Crippen LogP contribution in [0.1, 0.15) is 20.7 Å². The molecular weight excluding hydrogens is 410 g/mol. The van der Waals surface area contributed by atoms with E-state index in [2.05, 4.69) is 5.10 Å². The van der Waals surface area contributed by atoms with Gasteiger partial charge in [-0.3, -0.25) is 19.4 Å². The van der Waals surface area contributed by atoms with E-state index in [1.807, 2.05) is 0 Å². The highest BCUT2D eigenvalue weighted by atomic mass is 16.5. The first kappa shape index (κ1) is 19.9. The molecule has 2 amide bonds. The predicted octanol–water partition coefficient (Wildman–Crippen LogP) is 2.07. The number of esters is 1. The molecule has 0 aliphatic carbocycles. The zero-order chi connectivity index (χ0) is 22.4. The number of anilines is 1. The van der Waals surface area contributed by atoms with Gasteiger partial charge in [-0.1, -0.05) is 48.5 Å². The van der Waals surface area contributed by atoms with E-state index in [1.165, 1.54) is 19.2 Å². The smallest absolute Gasteiger partial charge is 0.339 e. The van der Waals surface area contributed by atoms with Crippen molar-refractivity contribution in [1.82, 2.24) is 5.01 Å². The molecule has 8 nitrogen and oxygen atoms in total. The van der Waals surface area contributed by atoms with Gasteiger partial charge in [0.05, 0.1) is 36.2 Å². The number of methoxy groups -OCH3 is 1. The quantitative estimate of drug-likeness (QED) is 0.419. The van der Waals surface area contributed by atoms with E-state index in [4.69, 9.17) is 4.74 Å². The Hall–Kier alpha value is -4.07. The lowest BCUT2D eigenvalue weighted by Crippen LogP contribution is -2.46. The van der Waals surface area contributed by atoms with Gasteiger partial charge in [0.15, 0.2) is 5.78 Å². The lowest BCUT2D eigenvalue weighted by molar-refractivity contribution is -0.123. The van der Waals surface area contributed by atoms with E-state index in [-0.39, 0.29) is 17.0 Å². The Morgan fingerprint density at radius 2 is 1.62 bits per heavy atom. The van der Waals surface area contributed by atoms with Gasteiger partial charge in [0.2, 0.25) is 11.8 Å². The molecule has 0 aromatic heterocycles. The molecule has 5 rings (SSSR count). The van der Waals surface area contributed by atoms with Gasteiger partial charge in [-0.25, -0.2) is 9.69 Å². The highest BCUT2D eigenvalue weighted by molar-refractivity contribution is 6.26. The van der Waals surface area contributed by atoms with E-state index in [0.29, 0.717) is 5.56 Å². The van der Waals surface area contributed by atoms with Crippen molar-refractivity contribution >= 4 is 35.5 Å². The maximum atomic E-state index is 13.6. The maximum Gasteiger partial charge on any atom is 0.339 e. The fourth-order valence-corrected chi connectivity index (χ4v) is 4.80. The minimum Gasteiger partial charge on any atom is -0.465 e. The SMILES string of the molecule is COC(=O)c1ccccc1N1C(=O)C2C(C1=O)C(C(=O)c1ccccc1)N1N=CC=CC21. The summed E-state index contributed by atoms with van der Waals surface area (Å²) in [7, 11) is 1.23. The van der Waals surface area contributed by atoms with Crippen molar-refractivity contribution < 1.29 is 23.9 Å². The summed E-state index contributed by atoms with van der Waals surface area (Å²) in [5.41, 5.74) is 0.705. The lowest BCUT2D eigenvalue weighted by atomic mass is 9.86. The number of hydrogen-bond donors (Lipinski definition) is 0. The van der Waals surface area contributed by atoms with Gasteiger partial charge >= 0.3 is 5.97 Å². The van der Waals surface area contributed by atoms with Crippen molar-refractivity contribution in [2.75, 3.05) is 12.0 Å². The number of fused-ring (bicyclic) bond motifs is 3. The summed E-state index contributed by atoms with van der Waals surface area (Å²) in [5, 5.41) is 5.89. The summed E-state index contributed by atoms with van der Waals surface area (Å²) in [5.74, 6) is -3.63. The number of rotatable bonds is 4. The number of para-hydroxylation sites is 1. The standard InChI is InChI=1S/C24H19N3O5/c1-32-24(31)15-10-5-6-11-16(15)26-22(29)18-17-12-7-13-25-27(17)20(19(18)23(26)30)21(28)14-8-3-2-4-9-14/h2-13,17-20H,1H3. The van der Waals surface area contributed by atoms with Gasteiger partial charge in [0.25, 0.3) is 0 Å². The van der Waals surface area contributed by atoms with Crippen molar-refractivity contribution in [2.45, 2.75) is 12.1 Å². The summed E-state index contributed by atoms with van der Waals surface area (Å²) in [6.45, 7) is 0.